The number of carbonyl (C=O) groups is 1. The molecule has 0 radical (unpaired) electrons. The predicted molar refractivity (Wildman–Crippen MR) is 72.5 cm³/mol. The number of nitrogens with two attached hydrogens (primary N) is 1. The minimum absolute atomic E-state index is 0.177. The highest BCUT2D eigenvalue weighted by atomic mass is 35.5. The van der Waals surface area contributed by atoms with E-state index in [1.54, 1.807) is 6.07 Å². The van der Waals surface area contributed by atoms with Gasteiger partial charge in [-0.05, 0) is 25.0 Å². The van der Waals surface area contributed by atoms with E-state index in [0.29, 0.717) is 34.1 Å². The summed E-state index contributed by atoms with van der Waals surface area (Å²) in [6.07, 6.45) is 1.81. The summed E-state index contributed by atoms with van der Waals surface area (Å²) in [5.41, 5.74) is 6.17. The summed E-state index contributed by atoms with van der Waals surface area (Å²) in [5, 5.41) is 9.94. The number of nitrogen functional groups attached to an aromatic ring is 1. The molecule has 6 heteroatoms. The quantitative estimate of drug-likeness (QED) is 0.836. The SMILES string of the molecule is Nc1cc(Cl)c(SC2CCOCC2)c(C(=O)O)c1. The molecule has 1 saturated heterocycles. The van der Waals surface area contributed by atoms with Crippen molar-refractivity contribution in [2.24, 2.45) is 0 Å². The van der Waals surface area contributed by atoms with Crippen LogP contribution in [0, 0.1) is 0 Å². The largest absolute Gasteiger partial charge is 0.478 e. The number of carboxylic acids is 1. The zero-order valence-electron chi connectivity index (χ0n) is 9.69. The number of aromatic carboxylic acids is 1. The lowest BCUT2D eigenvalue weighted by atomic mass is 10.2. The molecular weight excluding hydrogens is 274 g/mol. The van der Waals surface area contributed by atoms with E-state index in [2.05, 4.69) is 0 Å². The van der Waals surface area contributed by atoms with Crippen molar-refractivity contribution in [1.29, 1.82) is 0 Å². The topological polar surface area (TPSA) is 72.5 Å². The van der Waals surface area contributed by atoms with E-state index >= 15 is 0 Å². The van der Waals surface area contributed by atoms with Gasteiger partial charge in [-0.15, -0.1) is 11.8 Å². The molecule has 1 aromatic carbocycles. The van der Waals surface area contributed by atoms with Crippen molar-refractivity contribution < 1.29 is 14.6 Å². The van der Waals surface area contributed by atoms with E-state index in [4.69, 9.17) is 22.1 Å². The number of thioether (sulfide) groups is 1. The lowest BCUT2D eigenvalue weighted by Gasteiger charge is -2.22. The van der Waals surface area contributed by atoms with Gasteiger partial charge in [0, 0.05) is 29.0 Å². The molecule has 2 rings (SSSR count). The van der Waals surface area contributed by atoms with Gasteiger partial charge in [0.15, 0.2) is 0 Å². The summed E-state index contributed by atoms with van der Waals surface area (Å²) in [7, 11) is 0. The Morgan fingerprint density at radius 2 is 2.11 bits per heavy atom. The summed E-state index contributed by atoms with van der Waals surface area (Å²) < 4.78 is 5.28. The molecule has 3 N–H and O–H groups in total. The third kappa shape index (κ3) is 3.10. The highest BCUT2D eigenvalue weighted by Gasteiger charge is 2.21. The van der Waals surface area contributed by atoms with Gasteiger partial charge in [-0.1, -0.05) is 11.6 Å². The zero-order valence-corrected chi connectivity index (χ0v) is 11.3. The Morgan fingerprint density at radius 3 is 2.72 bits per heavy atom. The van der Waals surface area contributed by atoms with Crippen LogP contribution in [-0.4, -0.2) is 29.5 Å². The highest BCUT2D eigenvalue weighted by Crippen LogP contribution is 2.38. The fraction of sp³-hybridized carbons (Fsp3) is 0.417. The molecule has 0 unspecified atom stereocenters. The molecule has 1 aliphatic rings. The first-order chi connectivity index (χ1) is 8.58. The summed E-state index contributed by atoms with van der Waals surface area (Å²) in [5.74, 6) is -1.00. The molecule has 0 amide bonds. The third-order valence-electron chi connectivity index (χ3n) is 2.75. The molecule has 98 valence electrons. The summed E-state index contributed by atoms with van der Waals surface area (Å²) in [4.78, 5) is 11.8. The van der Waals surface area contributed by atoms with Crippen LogP contribution in [0.2, 0.25) is 5.02 Å². The normalized spacial score (nSPS) is 16.7. The van der Waals surface area contributed by atoms with Gasteiger partial charge in [0.2, 0.25) is 0 Å². The first-order valence-corrected chi connectivity index (χ1v) is 6.90. The minimum atomic E-state index is -1.00. The van der Waals surface area contributed by atoms with Crippen molar-refractivity contribution in [2.45, 2.75) is 23.0 Å². The van der Waals surface area contributed by atoms with Crippen LogP contribution in [0.15, 0.2) is 17.0 Å². The van der Waals surface area contributed by atoms with Gasteiger partial charge in [0.25, 0.3) is 0 Å². The van der Waals surface area contributed by atoms with Crippen molar-refractivity contribution in [2.75, 3.05) is 18.9 Å². The van der Waals surface area contributed by atoms with Crippen molar-refractivity contribution in [3.05, 3.63) is 22.7 Å². The predicted octanol–water partition coefficient (Wildman–Crippen LogP) is 2.89. The maximum atomic E-state index is 11.2. The minimum Gasteiger partial charge on any atom is -0.478 e. The van der Waals surface area contributed by atoms with Crippen molar-refractivity contribution in [3.63, 3.8) is 0 Å². The van der Waals surface area contributed by atoms with Crippen LogP contribution < -0.4 is 5.73 Å². The van der Waals surface area contributed by atoms with Crippen molar-refractivity contribution in [3.8, 4) is 0 Å². The van der Waals surface area contributed by atoms with Crippen LogP contribution in [0.5, 0.6) is 0 Å². The number of rotatable bonds is 3. The van der Waals surface area contributed by atoms with Gasteiger partial charge in [-0.2, -0.15) is 0 Å². The van der Waals surface area contributed by atoms with Crippen LogP contribution >= 0.6 is 23.4 Å². The smallest absolute Gasteiger partial charge is 0.336 e. The van der Waals surface area contributed by atoms with Gasteiger partial charge in [-0.25, -0.2) is 4.79 Å². The van der Waals surface area contributed by atoms with Crippen LogP contribution in [0.4, 0.5) is 5.69 Å². The van der Waals surface area contributed by atoms with Crippen molar-refractivity contribution >= 4 is 35.0 Å². The number of hydrogen-bond donors (Lipinski definition) is 2. The second-order valence-corrected chi connectivity index (χ2v) is 5.83. The lowest BCUT2D eigenvalue weighted by Crippen LogP contribution is -2.18. The number of hydrogen-bond acceptors (Lipinski definition) is 4. The number of benzene rings is 1. The van der Waals surface area contributed by atoms with Gasteiger partial charge in [0.05, 0.1) is 10.6 Å². The molecule has 0 saturated carbocycles. The molecule has 0 spiro atoms. The van der Waals surface area contributed by atoms with Gasteiger partial charge in [-0.3, -0.25) is 0 Å². The van der Waals surface area contributed by atoms with E-state index in [1.807, 2.05) is 0 Å². The third-order valence-corrected chi connectivity index (χ3v) is 4.64. The first kappa shape index (κ1) is 13.5. The monoisotopic (exact) mass is 287 g/mol. The van der Waals surface area contributed by atoms with E-state index in [9.17, 15) is 9.90 Å². The molecule has 1 heterocycles. The van der Waals surface area contributed by atoms with Gasteiger partial charge < -0.3 is 15.6 Å². The van der Waals surface area contributed by atoms with Crippen LogP contribution in [0.1, 0.15) is 23.2 Å². The average Bonchev–Trinajstić information content (AvgIpc) is 2.33. The molecule has 0 aromatic heterocycles. The molecule has 1 fully saturated rings. The highest BCUT2D eigenvalue weighted by molar-refractivity contribution is 8.00. The molecule has 18 heavy (non-hydrogen) atoms. The van der Waals surface area contributed by atoms with Gasteiger partial charge in [0.1, 0.15) is 0 Å². The molecule has 0 atom stereocenters. The maximum absolute atomic E-state index is 11.2. The van der Waals surface area contributed by atoms with Crippen LogP contribution in [-0.2, 0) is 4.74 Å². The number of anilines is 1. The van der Waals surface area contributed by atoms with Crippen LogP contribution in [0.25, 0.3) is 0 Å². The van der Waals surface area contributed by atoms with Gasteiger partial charge >= 0.3 is 5.97 Å². The van der Waals surface area contributed by atoms with Crippen molar-refractivity contribution in [1.82, 2.24) is 0 Å². The Morgan fingerprint density at radius 1 is 1.44 bits per heavy atom. The Balaban J connectivity index is 2.27. The zero-order chi connectivity index (χ0) is 13.1. The second-order valence-electron chi connectivity index (χ2n) is 4.11. The molecule has 4 nitrogen and oxygen atoms in total. The van der Waals surface area contributed by atoms with E-state index in [1.165, 1.54) is 17.8 Å². The van der Waals surface area contributed by atoms with Crippen LogP contribution in [0.3, 0.4) is 0 Å². The number of ether oxygens (including phenoxy) is 1. The Bertz CT molecular complexity index is 461. The molecular formula is C12H14ClNO3S. The Labute approximate surface area is 114 Å². The van der Waals surface area contributed by atoms with E-state index < -0.39 is 5.97 Å². The Kier molecular flexibility index (Phi) is 4.37. The summed E-state index contributed by atoms with van der Waals surface area (Å²) >= 11 is 7.61. The molecule has 0 bridgehead atoms. The maximum Gasteiger partial charge on any atom is 0.336 e. The fourth-order valence-electron chi connectivity index (χ4n) is 1.85. The Hall–Kier alpha value is -0.910. The molecule has 1 aromatic rings. The molecule has 1 aliphatic heterocycles. The summed E-state index contributed by atoms with van der Waals surface area (Å²) in [6.45, 7) is 1.43. The number of carboxylic acid groups (broad SMARTS) is 1. The standard InChI is InChI=1S/C12H14ClNO3S/c13-10-6-7(14)5-9(12(15)16)11(10)18-8-1-3-17-4-2-8/h5-6,8H,1-4,14H2,(H,15,16). The average molecular weight is 288 g/mol. The summed E-state index contributed by atoms with van der Waals surface area (Å²) in [6, 6.07) is 3.05. The van der Waals surface area contributed by atoms with E-state index in [0.717, 1.165) is 12.8 Å². The molecule has 0 aliphatic carbocycles. The van der Waals surface area contributed by atoms with E-state index in [-0.39, 0.29) is 5.56 Å². The first-order valence-electron chi connectivity index (χ1n) is 5.64. The lowest BCUT2D eigenvalue weighted by molar-refractivity contribution is 0.0693. The number of halogens is 1. The fourth-order valence-corrected chi connectivity index (χ4v) is 3.42. The second kappa shape index (κ2) is 5.82.